The first kappa shape index (κ1) is 15.4. The summed E-state index contributed by atoms with van der Waals surface area (Å²) >= 11 is 3.18. The van der Waals surface area contributed by atoms with Crippen molar-refractivity contribution in [2.75, 3.05) is 5.32 Å². The van der Waals surface area contributed by atoms with Crippen LogP contribution in [-0.2, 0) is 0 Å². The molecule has 0 aliphatic carbocycles. The van der Waals surface area contributed by atoms with E-state index in [2.05, 4.69) is 21.2 Å². The molecule has 0 aliphatic heterocycles. The van der Waals surface area contributed by atoms with Gasteiger partial charge in [-0.1, -0.05) is 15.9 Å². The summed E-state index contributed by atoms with van der Waals surface area (Å²) in [6.07, 6.45) is 3.60. The van der Waals surface area contributed by atoms with E-state index in [1.54, 1.807) is 23.0 Å². The first-order valence-electron chi connectivity index (χ1n) is 6.74. The van der Waals surface area contributed by atoms with E-state index < -0.39 is 17.5 Å². The predicted octanol–water partition coefficient (Wildman–Crippen LogP) is 4.77. The lowest BCUT2D eigenvalue weighted by Gasteiger charge is -2.10. The molecule has 3 aromatic rings. The second-order valence-electron chi connectivity index (χ2n) is 4.83. The molecule has 6 heteroatoms. The average Bonchev–Trinajstić information content (AvgIpc) is 3.06. The molecule has 23 heavy (non-hydrogen) atoms. The van der Waals surface area contributed by atoms with Crippen LogP contribution in [0.1, 0.15) is 10.4 Å². The van der Waals surface area contributed by atoms with Crippen molar-refractivity contribution < 1.29 is 13.6 Å². The number of rotatable bonds is 3. The molecular weight excluding hydrogens is 366 g/mol. The Bertz CT molecular complexity index is 863. The summed E-state index contributed by atoms with van der Waals surface area (Å²) in [4.78, 5) is 12.2. The molecule has 0 atom stereocenters. The van der Waals surface area contributed by atoms with Crippen LogP contribution >= 0.6 is 15.9 Å². The van der Waals surface area contributed by atoms with Gasteiger partial charge in [0.05, 0.1) is 11.3 Å². The third kappa shape index (κ3) is 3.32. The zero-order valence-corrected chi connectivity index (χ0v) is 13.3. The summed E-state index contributed by atoms with van der Waals surface area (Å²) in [6, 6.07) is 12.0. The Labute approximate surface area is 139 Å². The van der Waals surface area contributed by atoms with Gasteiger partial charge in [0.25, 0.3) is 5.91 Å². The Balaban J connectivity index is 1.92. The van der Waals surface area contributed by atoms with Gasteiger partial charge < -0.3 is 9.88 Å². The molecule has 3 rings (SSSR count). The van der Waals surface area contributed by atoms with E-state index in [4.69, 9.17) is 0 Å². The minimum absolute atomic E-state index is 0.0134. The molecule has 1 heterocycles. The number of aromatic nitrogens is 1. The monoisotopic (exact) mass is 376 g/mol. The van der Waals surface area contributed by atoms with E-state index in [-0.39, 0.29) is 11.3 Å². The lowest BCUT2D eigenvalue weighted by Crippen LogP contribution is -2.15. The summed E-state index contributed by atoms with van der Waals surface area (Å²) in [7, 11) is 0. The molecule has 0 unspecified atom stereocenters. The van der Waals surface area contributed by atoms with E-state index in [1.807, 2.05) is 12.1 Å². The summed E-state index contributed by atoms with van der Waals surface area (Å²) in [6.45, 7) is 0. The molecule has 0 radical (unpaired) electrons. The van der Waals surface area contributed by atoms with Crippen molar-refractivity contribution in [1.82, 2.24) is 4.57 Å². The second-order valence-corrected chi connectivity index (χ2v) is 5.75. The van der Waals surface area contributed by atoms with Gasteiger partial charge in [0.15, 0.2) is 0 Å². The van der Waals surface area contributed by atoms with Crippen molar-refractivity contribution in [3.8, 4) is 5.69 Å². The van der Waals surface area contributed by atoms with Crippen molar-refractivity contribution >= 4 is 27.5 Å². The quantitative estimate of drug-likeness (QED) is 0.701. The zero-order chi connectivity index (χ0) is 16.4. The third-order valence-electron chi connectivity index (χ3n) is 3.27. The first-order valence-corrected chi connectivity index (χ1v) is 7.53. The molecule has 0 aliphatic rings. The number of halogens is 3. The fraction of sp³-hybridized carbons (Fsp3) is 0. The Morgan fingerprint density at radius 2 is 1.70 bits per heavy atom. The zero-order valence-electron chi connectivity index (χ0n) is 11.8. The van der Waals surface area contributed by atoms with Crippen LogP contribution in [-0.4, -0.2) is 10.5 Å². The second kappa shape index (κ2) is 6.34. The van der Waals surface area contributed by atoms with Crippen LogP contribution in [0.4, 0.5) is 14.5 Å². The van der Waals surface area contributed by atoms with Gasteiger partial charge in [-0.15, -0.1) is 0 Å². The van der Waals surface area contributed by atoms with Gasteiger partial charge >= 0.3 is 0 Å². The van der Waals surface area contributed by atoms with Gasteiger partial charge in [-0.2, -0.15) is 0 Å². The SMILES string of the molecule is O=C(Nc1cc(-n2cccc2)ccc1F)c1cc(Br)ccc1F. The van der Waals surface area contributed by atoms with Crippen LogP contribution < -0.4 is 5.32 Å². The smallest absolute Gasteiger partial charge is 0.258 e. The molecule has 0 spiro atoms. The third-order valence-corrected chi connectivity index (χ3v) is 3.77. The molecule has 0 saturated heterocycles. The minimum Gasteiger partial charge on any atom is -0.324 e. The van der Waals surface area contributed by atoms with E-state index in [9.17, 15) is 13.6 Å². The Kier molecular flexibility index (Phi) is 4.25. The number of hydrogen-bond donors (Lipinski definition) is 1. The van der Waals surface area contributed by atoms with Gasteiger partial charge in [0.1, 0.15) is 11.6 Å². The highest BCUT2D eigenvalue weighted by molar-refractivity contribution is 9.10. The van der Waals surface area contributed by atoms with E-state index in [0.717, 1.165) is 0 Å². The number of hydrogen-bond acceptors (Lipinski definition) is 1. The van der Waals surface area contributed by atoms with Crippen molar-refractivity contribution in [3.05, 3.63) is 82.6 Å². The maximum atomic E-state index is 13.9. The van der Waals surface area contributed by atoms with Gasteiger partial charge in [-0.05, 0) is 48.5 Å². The van der Waals surface area contributed by atoms with E-state index in [1.165, 1.54) is 30.3 Å². The van der Waals surface area contributed by atoms with E-state index in [0.29, 0.717) is 10.2 Å². The van der Waals surface area contributed by atoms with Gasteiger partial charge in [0, 0.05) is 22.6 Å². The maximum absolute atomic E-state index is 13.9. The molecule has 0 fully saturated rings. The van der Waals surface area contributed by atoms with E-state index >= 15 is 0 Å². The Hall–Kier alpha value is -2.47. The highest BCUT2D eigenvalue weighted by atomic mass is 79.9. The fourth-order valence-electron chi connectivity index (χ4n) is 2.14. The molecule has 0 saturated carbocycles. The van der Waals surface area contributed by atoms with Gasteiger partial charge in [0.2, 0.25) is 0 Å². The largest absolute Gasteiger partial charge is 0.324 e. The van der Waals surface area contributed by atoms with Gasteiger partial charge in [-0.3, -0.25) is 4.79 Å². The molecule has 0 bridgehead atoms. The topological polar surface area (TPSA) is 34.0 Å². The lowest BCUT2D eigenvalue weighted by atomic mass is 10.2. The number of amides is 1. The highest BCUT2D eigenvalue weighted by Gasteiger charge is 2.15. The van der Waals surface area contributed by atoms with Crippen LogP contribution in [0.25, 0.3) is 5.69 Å². The molecule has 1 aromatic heterocycles. The highest BCUT2D eigenvalue weighted by Crippen LogP contribution is 2.22. The standard InChI is InChI=1S/C17H11BrF2N2O/c18-11-3-5-14(19)13(9-11)17(23)21-16-10-12(4-6-15(16)20)22-7-1-2-8-22/h1-10H,(H,21,23). The van der Waals surface area contributed by atoms with Gasteiger partial charge in [-0.25, -0.2) is 8.78 Å². The van der Waals surface area contributed by atoms with Crippen molar-refractivity contribution in [2.45, 2.75) is 0 Å². The predicted molar refractivity (Wildman–Crippen MR) is 87.8 cm³/mol. The summed E-state index contributed by atoms with van der Waals surface area (Å²) in [5.74, 6) is -1.98. The normalized spacial score (nSPS) is 10.6. The number of carbonyl (C=O) groups excluding carboxylic acids is 1. The molecule has 1 amide bonds. The molecule has 1 N–H and O–H groups in total. The van der Waals surface area contributed by atoms with Crippen LogP contribution in [0.15, 0.2) is 65.4 Å². The lowest BCUT2D eigenvalue weighted by molar-refractivity contribution is 0.102. The average molecular weight is 377 g/mol. The van der Waals surface area contributed by atoms with Crippen molar-refractivity contribution in [3.63, 3.8) is 0 Å². The molecule has 116 valence electrons. The molecule has 2 aromatic carbocycles. The molecular formula is C17H11BrF2N2O. The Morgan fingerprint density at radius 1 is 1.00 bits per heavy atom. The minimum atomic E-state index is -0.715. The number of carbonyl (C=O) groups is 1. The Morgan fingerprint density at radius 3 is 2.43 bits per heavy atom. The number of benzene rings is 2. The molecule has 3 nitrogen and oxygen atoms in total. The van der Waals surface area contributed by atoms with Crippen molar-refractivity contribution in [2.24, 2.45) is 0 Å². The summed E-state index contributed by atoms with van der Waals surface area (Å²) in [5.41, 5.74) is 0.507. The van der Waals surface area contributed by atoms with Crippen LogP contribution in [0.2, 0.25) is 0 Å². The van der Waals surface area contributed by atoms with Crippen LogP contribution in [0.5, 0.6) is 0 Å². The number of nitrogens with one attached hydrogen (secondary N) is 1. The number of nitrogens with zero attached hydrogens (tertiary/aromatic N) is 1. The summed E-state index contributed by atoms with van der Waals surface area (Å²) < 4.78 is 30.0. The first-order chi connectivity index (χ1) is 11.0. The van der Waals surface area contributed by atoms with Crippen LogP contribution in [0, 0.1) is 11.6 Å². The fourth-order valence-corrected chi connectivity index (χ4v) is 2.50. The number of anilines is 1. The summed E-state index contributed by atoms with van der Waals surface area (Å²) in [5, 5.41) is 2.41. The van der Waals surface area contributed by atoms with Crippen LogP contribution in [0.3, 0.4) is 0 Å². The maximum Gasteiger partial charge on any atom is 0.258 e. The van der Waals surface area contributed by atoms with Crippen molar-refractivity contribution in [1.29, 1.82) is 0 Å².